The maximum atomic E-state index is 13.2. The highest BCUT2D eigenvalue weighted by atomic mass is 19.1. The number of hydrogen-bond acceptors (Lipinski definition) is 6. The lowest BCUT2D eigenvalue weighted by Gasteiger charge is -2.31. The first-order valence-corrected chi connectivity index (χ1v) is 11.1. The van der Waals surface area contributed by atoms with E-state index in [2.05, 4.69) is 20.2 Å². The predicted octanol–water partition coefficient (Wildman–Crippen LogP) is 4.32. The molecule has 0 aliphatic carbocycles. The van der Waals surface area contributed by atoms with Crippen molar-refractivity contribution >= 4 is 5.91 Å². The number of amides is 1. The minimum atomic E-state index is -0.321. The van der Waals surface area contributed by atoms with Gasteiger partial charge in [-0.1, -0.05) is 6.07 Å². The molecule has 1 aliphatic heterocycles. The Labute approximate surface area is 196 Å². The smallest absolute Gasteiger partial charge is 0.253 e. The van der Waals surface area contributed by atoms with Crippen molar-refractivity contribution < 1.29 is 13.9 Å². The maximum Gasteiger partial charge on any atom is 0.253 e. The molecule has 4 aromatic rings. The second kappa shape index (κ2) is 9.38. The van der Waals surface area contributed by atoms with E-state index in [0.29, 0.717) is 36.1 Å². The van der Waals surface area contributed by atoms with Crippen LogP contribution in [0.15, 0.2) is 67.3 Å². The van der Waals surface area contributed by atoms with Crippen LogP contribution in [0.4, 0.5) is 4.39 Å². The van der Waals surface area contributed by atoms with Crippen LogP contribution >= 0.6 is 0 Å². The summed E-state index contributed by atoms with van der Waals surface area (Å²) in [5.41, 5.74) is 2.27. The lowest BCUT2D eigenvalue weighted by Crippen LogP contribution is -2.38. The summed E-state index contributed by atoms with van der Waals surface area (Å²) in [6.07, 6.45) is 4.72. The molecular formula is C25H23FN6O2. The molecule has 172 valence electrons. The largest absolute Gasteiger partial charge is 0.439 e. The lowest BCUT2D eigenvalue weighted by atomic mass is 9.95. The average Bonchev–Trinajstić information content (AvgIpc) is 3.40. The van der Waals surface area contributed by atoms with Crippen LogP contribution < -0.4 is 4.74 Å². The van der Waals surface area contributed by atoms with Gasteiger partial charge in [-0.25, -0.2) is 9.37 Å². The van der Waals surface area contributed by atoms with Crippen LogP contribution in [-0.2, 0) is 0 Å². The van der Waals surface area contributed by atoms with Gasteiger partial charge in [0.25, 0.3) is 5.91 Å². The van der Waals surface area contributed by atoms with Gasteiger partial charge < -0.3 is 9.64 Å². The number of aryl methyl sites for hydroxylation is 1. The number of carbonyl (C=O) groups is 1. The van der Waals surface area contributed by atoms with Gasteiger partial charge in [0.15, 0.2) is 0 Å². The molecule has 34 heavy (non-hydrogen) atoms. The Morgan fingerprint density at radius 2 is 1.74 bits per heavy atom. The highest BCUT2D eigenvalue weighted by Crippen LogP contribution is 2.29. The zero-order valence-corrected chi connectivity index (χ0v) is 18.6. The Kier molecular flexibility index (Phi) is 5.99. The van der Waals surface area contributed by atoms with Crippen molar-refractivity contribution in [1.29, 1.82) is 0 Å². The van der Waals surface area contributed by atoms with E-state index in [1.54, 1.807) is 35.4 Å². The Balaban J connectivity index is 1.25. The molecule has 0 saturated carbocycles. The van der Waals surface area contributed by atoms with Gasteiger partial charge in [-0.05, 0) is 62.2 Å². The van der Waals surface area contributed by atoms with Crippen LogP contribution in [0.2, 0.25) is 0 Å². The summed E-state index contributed by atoms with van der Waals surface area (Å²) >= 11 is 0. The standard InChI is InChI=1S/C25H23FN6O2/c1-17-13-23(34-22-7-5-20(26)6-8-22)30-24(29-17)18-9-11-31(12-10-18)25(33)19-3-2-4-21(14-19)32-15-27-28-16-32/h2-8,13-16,18H,9-12H2,1H3. The molecule has 0 radical (unpaired) electrons. The summed E-state index contributed by atoms with van der Waals surface area (Å²) in [6.45, 7) is 3.13. The van der Waals surface area contributed by atoms with Crippen molar-refractivity contribution in [2.75, 3.05) is 13.1 Å². The SMILES string of the molecule is Cc1cc(Oc2ccc(F)cc2)nc(C2CCN(C(=O)c3cccc(-n4cnnc4)c3)CC2)n1. The summed E-state index contributed by atoms with van der Waals surface area (Å²) in [5.74, 6) is 1.46. The van der Waals surface area contributed by atoms with Crippen molar-refractivity contribution in [3.63, 3.8) is 0 Å². The minimum Gasteiger partial charge on any atom is -0.439 e. The molecule has 0 atom stereocenters. The molecule has 2 aromatic carbocycles. The topological polar surface area (TPSA) is 86.0 Å². The molecule has 0 N–H and O–H groups in total. The third-order valence-corrected chi connectivity index (χ3v) is 5.84. The van der Waals surface area contributed by atoms with E-state index in [1.165, 1.54) is 12.1 Å². The molecule has 0 bridgehead atoms. The Morgan fingerprint density at radius 3 is 2.47 bits per heavy atom. The Morgan fingerprint density at radius 1 is 1.00 bits per heavy atom. The Hall–Kier alpha value is -4.14. The fourth-order valence-electron chi connectivity index (χ4n) is 4.08. The number of nitrogens with zero attached hydrogens (tertiary/aromatic N) is 6. The molecule has 1 fully saturated rings. The van der Waals surface area contributed by atoms with Crippen LogP contribution in [0.3, 0.4) is 0 Å². The zero-order chi connectivity index (χ0) is 23.5. The first kappa shape index (κ1) is 21.7. The number of carbonyl (C=O) groups excluding carboxylic acids is 1. The Bertz CT molecular complexity index is 1290. The molecule has 1 aliphatic rings. The van der Waals surface area contributed by atoms with E-state index < -0.39 is 0 Å². The molecule has 0 spiro atoms. The van der Waals surface area contributed by atoms with Gasteiger partial charge in [-0.2, -0.15) is 4.98 Å². The van der Waals surface area contributed by atoms with E-state index in [9.17, 15) is 9.18 Å². The fraction of sp³-hybridized carbons (Fsp3) is 0.240. The molecule has 1 saturated heterocycles. The number of aromatic nitrogens is 5. The maximum absolute atomic E-state index is 13.2. The van der Waals surface area contributed by atoms with Crippen molar-refractivity contribution in [1.82, 2.24) is 29.6 Å². The van der Waals surface area contributed by atoms with Crippen molar-refractivity contribution in [2.45, 2.75) is 25.7 Å². The second-order valence-electron chi connectivity index (χ2n) is 8.25. The van der Waals surface area contributed by atoms with Crippen LogP contribution in [0.1, 0.15) is 40.6 Å². The minimum absolute atomic E-state index is 0.00105. The predicted molar refractivity (Wildman–Crippen MR) is 122 cm³/mol. The molecule has 3 heterocycles. The van der Waals surface area contributed by atoms with Crippen LogP contribution in [0.5, 0.6) is 11.6 Å². The zero-order valence-electron chi connectivity index (χ0n) is 18.6. The monoisotopic (exact) mass is 458 g/mol. The molecule has 1 amide bonds. The van der Waals surface area contributed by atoms with Gasteiger partial charge in [-0.3, -0.25) is 9.36 Å². The summed E-state index contributed by atoms with van der Waals surface area (Å²) in [6, 6.07) is 15.0. The third-order valence-electron chi connectivity index (χ3n) is 5.84. The number of hydrogen-bond donors (Lipinski definition) is 0. The number of halogens is 1. The van der Waals surface area contributed by atoms with Gasteiger partial charge in [0.1, 0.15) is 30.0 Å². The number of piperidine rings is 1. The quantitative estimate of drug-likeness (QED) is 0.443. The molecule has 9 heteroatoms. The summed E-state index contributed by atoms with van der Waals surface area (Å²) in [7, 11) is 0. The van der Waals surface area contributed by atoms with E-state index in [-0.39, 0.29) is 17.6 Å². The van der Waals surface area contributed by atoms with Gasteiger partial charge in [0, 0.05) is 42.0 Å². The number of benzene rings is 2. The summed E-state index contributed by atoms with van der Waals surface area (Å²) in [4.78, 5) is 24.2. The first-order valence-electron chi connectivity index (χ1n) is 11.1. The van der Waals surface area contributed by atoms with E-state index in [1.807, 2.05) is 36.1 Å². The molecular weight excluding hydrogens is 435 g/mol. The van der Waals surface area contributed by atoms with Gasteiger partial charge >= 0.3 is 0 Å². The van der Waals surface area contributed by atoms with Crippen LogP contribution in [-0.4, -0.2) is 48.6 Å². The number of rotatable bonds is 5. The normalized spacial score (nSPS) is 14.2. The van der Waals surface area contributed by atoms with Gasteiger partial charge in [0.05, 0.1) is 0 Å². The first-order chi connectivity index (χ1) is 16.5. The second-order valence-corrected chi connectivity index (χ2v) is 8.25. The fourth-order valence-corrected chi connectivity index (χ4v) is 4.08. The van der Waals surface area contributed by atoms with E-state index in [4.69, 9.17) is 4.74 Å². The van der Waals surface area contributed by atoms with E-state index >= 15 is 0 Å². The highest BCUT2D eigenvalue weighted by molar-refractivity contribution is 5.94. The molecule has 0 unspecified atom stereocenters. The average molecular weight is 458 g/mol. The molecule has 8 nitrogen and oxygen atoms in total. The van der Waals surface area contributed by atoms with E-state index in [0.717, 1.165) is 24.2 Å². The van der Waals surface area contributed by atoms with Gasteiger partial charge in [0.2, 0.25) is 5.88 Å². The highest BCUT2D eigenvalue weighted by Gasteiger charge is 2.27. The lowest BCUT2D eigenvalue weighted by molar-refractivity contribution is 0.0710. The molecule has 2 aromatic heterocycles. The van der Waals surface area contributed by atoms with Gasteiger partial charge in [-0.15, -0.1) is 10.2 Å². The molecule has 5 rings (SSSR count). The van der Waals surface area contributed by atoms with Crippen molar-refractivity contribution in [3.05, 3.63) is 90.2 Å². The van der Waals surface area contributed by atoms with Crippen LogP contribution in [0.25, 0.3) is 5.69 Å². The summed E-state index contributed by atoms with van der Waals surface area (Å²) in [5, 5.41) is 7.64. The number of likely N-dealkylation sites (tertiary alicyclic amines) is 1. The van der Waals surface area contributed by atoms with Crippen molar-refractivity contribution in [2.24, 2.45) is 0 Å². The van der Waals surface area contributed by atoms with Crippen LogP contribution in [0, 0.1) is 12.7 Å². The summed E-state index contributed by atoms with van der Waals surface area (Å²) < 4.78 is 20.7. The van der Waals surface area contributed by atoms with Crippen molar-refractivity contribution in [3.8, 4) is 17.3 Å². The third kappa shape index (κ3) is 4.78. The number of ether oxygens (including phenoxy) is 1.